The van der Waals surface area contributed by atoms with Crippen LogP contribution in [0.5, 0.6) is 0 Å². The van der Waals surface area contributed by atoms with E-state index in [2.05, 4.69) is 46.1 Å². The van der Waals surface area contributed by atoms with E-state index in [1.165, 1.54) is 30.0 Å². The highest BCUT2D eigenvalue weighted by Crippen LogP contribution is 2.28. The summed E-state index contributed by atoms with van der Waals surface area (Å²) in [7, 11) is 1.84. The molecule has 2 unspecified atom stereocenters. The van der Waals surface area contributed by atoms with E-state index >= 15 is 0 Å². The molecule has 2 rings (SSSR count). The smallest absolute Gasteiger partial charge is 0.191 e. The van der Waals surface area contributed by atoms with Crippen LogP contribution in [0.3, 0.4) is 0 Å². The van der Waals surface area contributed by atoms with Crippen molar-refractivity contribution in [1.29, 1.82) is 0 Å². The van der Waals surface area contributed by atoms with Crippen LogP contribution in [-0.2, 0) is 6.42 Å². The van der Waals surface area contributed by atoms with Gasteiger partial charge < -0.3 is 10.6 Å². The number of thioether (sulfide) groups is 1. The molecule has 1 aromatic rings. The van der Waals surface area contributed by atoms with Crippen LogP contribution in [-0.4, -0.2) is 42.1 Å². The van der Waals surface area contributed by atoms with Gasteiger partial charge in [0, 0.05) is 42.6 Å². The molecule has 1 fully saturated rings. The summed E-state index contributed by atoms with van der Waals surface area (Å²) in [5, 5.41) is 11.2. The van der Waals surface area contributed by atoms with Gasteiger partial charge in [0.15, 0.2) is 5.96 Å². The average molecular weight is 341 g/mol. The lowest BCUT2D eigenvalue weighted by Crippen LogP contribution is -2.43. The number of rotatable bonds is 6. The lowest BCUT2D eigenvalue weighted by molar-refractivity contribution is 0.614. The van der Waals surface area contributed by atoms with E-state index in [-0.39, 0.29) is 0 Å². The molecule has 0 amide bonds. The van der Waals surface area contributed by atoms with Crippen molar-refractivity contribution in [3.8, 4) is 0 Å². The van der Waals surface area contributed by atoms with Gasteiger partial charge in [-0.1, -0.05) is 13.8 Å². The Kier molecular flexibility index (Phi) is 7.02. The van der Waals surface area contributed by atoms with E-state index in [0.29, 0.717) is 12.0 Å². The van der Waals surface area contributed by atoms with Crippen molar-refractivity contribution in [3.63, 3.8) is 0 Å². The number of nitrogens with zero attached hydrogens (tertiary/aromatic N) is 2. The second kappa shape index (κ2) is 8.77. The summed E-state index contributed by atoms with van der Waals surface area (Å²) < 4.78 is 0. The van der Waals surface area contributed by atoms with Crippen LogP contribution in [0.2, 0.25) is 0 Å². The zero-order valence-corrected chi connectivity index (χ0v) is 15.7. The molecular weight excluding hydrogens is 312 g/mol. The van der Waals surface area contributed by atoms with Crippen LogP contribution in [0.25, 0.3) is 0 Å². The molecule has 124 valence electrons. The Morgan fingerprint density at radius 2 is 2.32 bits per heavy atom. The number of aliphatic imine (C=N–C) groups is 1. The topological polar surface area (TPSA) is 49.3 Å². The molecule has 1 aromatic heterocycles. The van der Waals surface area contributed by atoms with Gasteiger partial charge in [0.05, 0.1) is 10.7 Å². The minimum Gasteiger partial charge on any atom is -0.356 e. The van der Waals surface area contributed by atoms with Gasteiger partial charge in [-0.2, -0.15) is 11.8 Å². The summed E-state index contributed by atoms with van der Waals surface area (Å²) in [4.78, 5) is 9.01. The maximum absolute atomic E-state index is 4.67. The maximum Gasteiger partial charge on any atom is 0.191 e. The summed E-state index contributed by atoms with van der Waals surface area (Å²) in [6.07, 6.45) is 6.95. The van der Waals surface area contributed by atoms with Crippen molar-refractivity contribution in [2.45, 2.75) is 56.7 Å². The third-order valence-corrected chi connectivity index (χ3v) is 6.31. The second-order valence-electron chi connectivity index (χ2n) is 6.09. The molecule has 0 bridgehead atoms. The molecule has 0 radical (unpaired) electrons. The molecule has 0 saturated heterocycles. The molecule has 2 atom stereocenters. The van der Waals surface area contributed by atoms with Crippen LogP contribution in [0.15, 0.2) is 10.4 Å². The minimum absolute atomic E-state index is 0.521. The largest absolute Gasteiger partial charge is 0.356 e. The van der Waals surface area contributed by atoms with Crippen molar-refractivity contribution < 1.29 is 0 Å². The van der Waals surface area contributed by atoms with Gasteiger partial charge in [-0.05, 0) is 25.5 Å². The second-order valence-corrected chi connectivity index (χ2v) is 8.12. The van der Waals surface area contributed by atoms with E-state index in [4.69, 9.17) is 0 Å². The first kappa shape index (κ1) is 17.6. The Balaban J connectivity index is 1.72. The van der Waals surface area contributed by atoms with Crippen molar-refractivity contribution in [1.82, 2.24) is 15.6 Å². The van der Waals surface area contributed by atoms with E-state index in [1.807, 2.05) is 18.8 Å². The summed E-state index contributed by atoms with van der Waals surface area (Å²) in [5.41, 5.74) is 1.18. The van der Waals surface area contributed by atoms with Crippen LogP contribution < -0.4 is 10.6 Å². The summed E-state index contributed by atoms with van der Waals surface area (Å²) >= 11 is 3.75. The summed E-state index contributed by atoms with van der Waals surface area (Å²) in [6, 6.07) is 0.565. The first-order chi connectivity index (χ1) is 10.6. The highest BCUT2D eigenvalue weighted by Gasteiger charge is 2.24. The van der Waals surface area contributed by atoms with E-state index < -0.39 is 0 Å². The maximum atomic E-state index is 4.67. The molecule has 0 aromatic carbocycles. The van der Waals surface area contributed by atoms with E-state index in [1.54, 1.807) is 11.3 Å². The standard InChI is InChI=1S/C16H28N4S2/c1-11(2)15-19-13(10-22-15)7-8-18-16(17-3)20-12-5-6-14(9-12)21-4/h10-12,14H,5-9H2,1-4H3,(H2,17,18,20). The number of hydrogen-bond donors (Lipinski definition) is 2. The van der Waals surface area contributed by atoms with Gasteiger partial charge in [0.1, 0.15) is 0 Å². The Bertz CT molecular complexity index is 484. The van der Waals surface area contributed by atoms with Crippen molar-refractivity contribution in [2.24, 2.45) is 4.99 Å². The highest BCUT2D eigenvalue weighted by molar-refractivity contribution is 7.99. The molecule has 0 aliphatic heterocycles. The number of aromatic nitrogens is 1. The zero-order chi connectivity index (χ0) is 15.9. The van der Waals surface area contributed by atoms with Crippen molar-refractivity contribution in [2.75, 3.05) is 19.8 Å². The Labute approximate surface area is 142 Å². The third kappa shape index (κ3) is 5.16. The predicted molar refractivity (Wildman–Crippen MR) is 99.3 cm³/mol. The van der Waals surface area contributed by atoms with Gasteiger partial charge in [0.25, 0.3) is 0 Å². The number of thiazole rings is 1. The number of nitrogens with one attached hydrogen (secondary N) is 2. The molecule has 1 aliphatic rings. The molecule has 22 heavy (non-hydrogen) atoms. The SMILES string of the molecule is CN=C(NCCc1csc(C(C)C)n1)NC1CCC(SC)C1. The van der Waals surface area contributed by atoms with Crippen LogP contribution in [0.1, 0.15) is 49.7 Å². The zero-order valence-electron chi connectivity index (χ0n) is 14.1. The van der Waals surface area contributed by atoms with Gasteiger partial charge in [-0.3, -0.25) is 4.99 Å². The molecule has 2 N–H and O–H groups in total. The average Bonchev–Trinajstić information content (AvgIpc) is 3.15. The fourth-order valence-corrected chi connectivity index (χ4v) is 4.35. The lowest BCUT2D eigenvalue weighted by Gasteiger charge is -2.17. The van der Waals surface area contributed by atoms with Gasteiger partial charge in [-0.15, -0.1) is 11.3 Å². The molecule has 6 heteroatoms. The molecule has 0 spiro atoms. The fourth-order valence-electron chi connectivity index (χ4n) is 2.68. The Hall–Kier alpha value is -0.750. The fraction of sp³-hybridized carbons (Fsp3) is 0.750. The normalized spacial score (nSPS) is 22.3. The molecule has 1 heterocycles. The Morgan fingerprint density at radius 1 is 1.50 bits per heavy atom. The molecule has 4 nitrogen and oxygen atoms in total. The lowest BCUT2D eigenvalue weighted by atomic mass is 10.2. The number of guanidine groups is 1. The van der Waals surface area contributed by atoms with Crippen molar-refractivity contribution >= 4 is 29.1 Å². The predicted octanol–water partition coefficient (Wildman–Crippen LogP) is 3.26. The molecular formula is C16H28N4S2. The van der Waals surface area contributed by atoms with Gasteiger partial charge >= 0.3 is 0 Å². The quantitative estimate of drug-likeness (QED) is 0.616. The first-order valence-corrected chi connectivity index (χ1v) is 10.2. The van der Waals surface area contributed by atoms with E-state index in [0.717, 1.165) is 24.2 Å². The summed E-state index contributed by atoms with van der Waals surface area (Å²) in [6.45, 7) is 5.26. The van der Waals surface area contributed by atoms with Gasteiger partial charge in [-0.25, -0.2) is 4.98 Å². The monoisotopic (exact) mass is 340 g/mol. The highest BCUT2D eigenvalue weighted by atomic mass is 32.2. The van der Waals surface area contributed by atoms with E-state index in [9.17, 15) is 0 Å². The minimum atomic E-state index is 0.521. The first-order valence-electron chi connectivity index (χ1n) is 8.06. The van der Waals surface area contributed by atoms with Gasteiger partial charge in [0.2, 0.25) is 0 Å². The molecule has 1 aliphatic carbocycles. The Morgan fingerprint density at radius 3 is 2.91 bits per heavy atom. The van der Waals surface area contributed by atoms with Crippen LogP contribution in [0, 0.1) is 0 Å². The summed E-state index contributed by atoms with van der Waals surface area (Å²) in [5.74, 6) is 1.44. The number of hydrogen-bond acceptors (Lipinski definition) is 4. The third-order valence-electron chi connectivity index (χ3n) is 4.02. The van der Waals surface area contributed by atoms with Crippen LogP contribution in [0.4, 0.5) is 0 Å². The molecule has 1 saturated carbocycles. The van der Waals surface area contributed by atoms with Crippen LogP contribution >= 0.6 is 23.1 Å². The van der Waals surface area contributed by atoms with Crippen molar-refractivity contribution in [3.05, 3.63) is 16.1 Å².